The number of hydrogen-bond donors (Lipinski definition) is 3. The number of anilines is 1. The summed E-state index contributed by atoms with van der Waals surface area (Å²) in [6.07, 6.45) is 0.369. The Morgan fingerprint density at radius 2 is 2.26 bits per heavy atom. The number of carbonyl (C=O) groups excluding carboxylic acids is 2. The zero-order chi connectivity index (χ0) is 16.7. The molecule has 0 radical (unpaired) electrons. The smallest absolute Gasteiger partial charge is 0.250 e. The molecule has 3 N–H and O–H groups in total. The normalized spacial score (nSPS) is 19.0. The van der Waals surface area contributed by atoms with Crippen LogP contribution < -0.4 is 16.0 Å². The summed E-state index contributed by atoms with van der Waals surface area (Å²) < 4.78 is 5.41. The zero-order valence-electron chi connectivity index (χ0n) is 13.7. The van der Waals surface area contributed by atoms with Crippen LogP contribution in [0, 0.1) is 5.92 Å². The highest BCUT2D eigenvalue weighted by atomic mass is 16.5. The van der Waals surface area contributed by atoms with Crippen molar-refractivity contribution in [2.24, 2.45) is 5.92 Å². The van der Waals surface area contributed by atoms with E-state index in [0.717, 1.165) is 24.2 Å². The van der Waals surface area contributed by atoms with Gasteiger partial charge in [-0.25, -0.2) is 0 Å². The van der Waals surface area contributed by atoms with E-state index < -0.39 is 6.10 Å². The highest BCUT2D eigenvalue weighted by Crippen LogP contribution is 2.13. The first-order chi connectivity index (χ1) is 11.1. The Hall–Kier alpha value is -1.92. The van der Waals surface area contributed by atoms with Gasteiger partial charge in [-0.3, -0.25) is 9.59 Å². The van der Waals surface area contributed by atoms with E-state index in [9.17, 15) is 9.59 Å². The Kier molecular flexibility index (Phi) is 6.55. The predicted molar refractivity (Wildman–Crippen MR) is 89.0 cm³/mol. The minimum Gasteiger partial charge on any atom is -0.366 e. The molecule has 1 aromatic rings. The second-order valence-electron chi connectivity index (χ2n) is 5.78. The Bertz CT molecular complexity index is 542. The van der Waals surface area contributed by atoms with Gasteiger partial charge < -0.3 is 20.7 Å². The topological polar surface area (TPSA) is 79.5 Å². The van der Waals surface area contributed by atoms with Crippen LogP contribution in [0.4, 0.5) is 5.69 Å². The maximum atomic E-state index is 12.0. The molecule has 0 aliphatic carbocycles. The van der Waals surface area contributed by atoms with Crippen LogP contribution in [0.25, 0.3) is 0 Å². The van der Waals surface area contributed by atoms with Gasteiger partial charge in [-0.1, -0.05) is 26.0 Å². The van der Waals surface area contributed by atoms with E-state index in [1.807, 2.05) is 38.1 Å². The molecule has 1 aromatic carbocycles. The fourth-order valence-electron chi connectivity index (χ4n) is 2.25. The monoisotopic (exact) mass is 319 g/mol. The first-order valence-corrected chi connectivity index (χ1v) is 8.10. The van der Waals surface area contributed by atoms with Gasteiger partial charge >= 0.3 is 0 Å². The van der Waals surface area contributed by atoms with Crippen LogP contribution in [0.1, 0.15) is 25.8 Å². The first kappa shape index (κ1) is 17.4. The molecule has 0 saturated carbocycles. The van der Waals surface area contributed by atoms with Gasteiger partial charge in [-0.15, -0.1) is 0 Å². The Balaban J connectivity index is 1.87. The van der Waals surface area contributed by atoms with Gasteiger partial charge in [0.25, 0.3) is 5.91 Å². The van der Waals surface area contributed by atoms with Gasteiger partial charge in [-0.2, -0.15) is 0 Å². The second-order valence-corrected chi connectivity index (χ2v) is 5.78. The molecule has 1 aliphatic heterocycles. The maximum Gasteiger partial charge on any atom is 0.250 e. The fraction of sp³-hybridized carbons (Fsp3) is 0.529. The minimum atomic E-state index is -0.433. The third kappa shape index (κ3) is 5.33. The molecule has 1 saturated heterocycles. The summed E-state index contributed by atoms with van der Waals surface area (Å²) in [5, 5.41) is 8.89. The summed E-state index contributed by atoms with van der Waals surface area (Å²) >= 11 is 0. The van der Waals surface area contributed by atoms with Crippen LogP contribution in [-0.4, -0.2) is 37.6 Å². The van der Waals surface area contributed by atoms with Gasteiger partial charge in [0.15, 0.2) is 0 Å². The summed E-state index contributed by atoms with van der Waals surface area (Å²) in [7, 11) is 0. The van der Waals surface area contributed by atoms with Crippen LogP contribution in [0.5, 0.6) is 0 Å². The average molecular weight is 319 g/mol. The molecule has 1 fully saturated rings. The van der Waals surface area contributed by atoms with Crippen molar-refractivity contribution in [3.8, 4) is 0 Å². The number of ether oxygens (including phenoxy) is 1. The van der Waals surface area contributed by atoms with Crippen LogP contribution >= 0.6 is 0 Å². The van der Waals surface area contributed by atoms with E-state index in [2.05, 4.69) is 16.0 Å². The number of nitrogens with one attached hydrogen (secondary N) is 3. The standard InChI is InChI=1S/C17H25N3O3/c1-3-12(2)16(21)20-14-6-4-5-13(9-14)10-19-17(22)15-11-18-7-8-23-15/h4-6,9,12,15,18H,3,7-8,10-11H2,1-2H3,(H,19,22)(H,20,21). The van der Waals surface area contributed by atoms with Crippen molar-refractivity contribution in [3.05, 3.63) is 29.8 Å². The third-order valence-electron chi connectivity index (χ3n) is 3.94. The van der Waals surface area contributed by atoms with Gasteiger partial charge in [0.05, 0.1) is 6.61 Å². The molecule has 126 valence electrons. The van der Waals surface area contributed by atoms with Crippen molar-refractivity contribution < 1.29 is 14.3 Å². The molecule has 6 heteroatoms. The van der Waals surface area contributed by atoms with Crippen LogP contribution in [-0.2, 0) is 20.9 Å². The lowest BCUT2D eigenvalue weighted by molar-refractivity contribution is -0.134. The number of amides is 2. The molecule has 6 nitrogen and oxygen atoms in total. The molecule has 23 heavy (non-hydrogen) atoms. The lowest BCUT2D eigenvalue weighted by Gasteiger charge is -2.22. The average Bonchev–Trinajstić information content (AvgIpc) is 2.60. The van der Waals surface area contributed by atoms with Crippen molar-refractivity contribution in [3.63, 3.8) is 0 Å². The predicted octanol–water partition coefficient (Wildman–Crippen LogP) is 1.28. The van der Waals surface area contributed by atoms with E-state index in [1.54, 1.807) is 0 Å². The van der Waals surface area contributed by atoms with E-state index >= 15 is 0 Å². The summed E-state index contributed by atoms with van der Waals surface area (Å²) in [6, 6.07) is 7.51. The second kappa shape index (κ2) is 8.64. The lowest BCUT2D eigenvalue weighted by atomic mass is 10.1. The van der Waals surface area contributed by atoms with Crippen LogP contribution in [0.15, 0.2) is 24.3 Å². The minimum absolute atomic E-state index is 0.00960. The number of morpholine rings is 1. The molecule has 2 amide bonds. The van der Waals surface area contributed by atoms with E-state index in [4.69, 9.17) is 4.74 Å². The molecule has 0 bridgehead atoms. The Morgan fingerprint density at radius 1 is 1.43 bits per heavy atom. The molecule has 2 atom stereocenters. The van der Waals surface area contributed by atoms with Crippen molar-refractivity contribution in [1.29, 1.82) is 0 Å². The summed E-state index contributed by atoms with van der Waals surface area (Å²) in [5.74, 6) is -0.129. The van der Waals surface area contributed by atoms with Crippen molar-refractivity contribution >= 4 is 17.5 Å². The van der Waals surface area contributed by atoms with E-state index in [-0.39, 0.29) is 17.7 Å². The van der Waals surface area contributed by atoms with Crippen LogP contribution in [0.3, 0.4) is 0 Å². The number of benzene rings is 1. The number of carbonyl (C=O) groups is 2. The van der Waals surface area contributed by atoms with Crippen molar-refractivity contribution in [2.45, 2.75) is 32.9 Å². The van der Waals surface area contributed by atoms with Gasteiger partial charge in [0.2, 0.25) is 5.91 Å². The molecule has 2 unspecified atom stereocenters. The SMILES string of the molecule is CCC(C)C(=O)Nc1cccc(CNC(=O)C2CNCCO2)c1. The molecule has 0 aromatic heterocycles. The number of rotatable bonds is 6. The molecule has 1 aliphatic rings. The molecule has 1 heterocycles. The first-order valence-electron chi connectivity index (χ1n) is 8.10. The quantitative estimate of drug-likeness (QED) is 0.738. The lowest BCUT2D eigenvalue weighted by Crippen LogP contribution is -2.47. The third-order valence-corrected chi connectivity index (χ3v) is 3.94. The van der Waals surface area contributed by atoms with Gasteiger partial charge in [0.1, 0.15) is 6.10 Å². The van der Waals surface area contributed by atoms with E-state index in [0.29, 0.717) is 19.7 Å². The Morgan fingerprint density at radius 3 is 2.96 bits per heavy atom. The highest BCUT2D eigenvalue weighted by Gasteiger charge is 2.21. The largest absolute Gasteiger partial charge is 0.366 e. The van der Waals surface area contributed by atoms with E-state index in [1.165, 1.54) is 0 Å². The number of hydrogen-bond acceptors (Lipinski definition) is 4. The van der Waals surface area contributed by atoms with Crippen molar-refractivity contribution in [1.82, 2.24) is 10.6 Å². The van der Waals surface area contributed by atoms with Gasteiger partial charge in [0, 0.05) is 31.2 Å². The fourth-order valence-corrected chi connectivity index (χ4v) is 2.25. The molecular weight excluding hydrogens is 294 g/mol. The summed E-state index contributed by atoms with van der Waals surface area (Å²) in [5.41, 5.74) is 1.68. The van der Waals surface area contributed by atoms with Crippen molar-refractivity contribution in [2.75, 3.05) is 25.0 Å². The summed E-state index contributed by atoms with van der Waals surface area (Å²) in [6.45, 7) is 6.16. The summed E-state index contributed by atoms with van der Waals surface area (Å²) in [4.78, 5) is 23.9. The van der Waals surface area contributed by atoms with Gasteiger partial charge in [-0.05, 0) is 24.1 Å². The zero-order valence-corrected chi connectivity index (χ0v) is 13.7. The highest BCUT2D eigenvalue weighted by molar-refractivity contribution is 5.92. The maximum absolute atomic E-state index is 12.0. The molecule has 0 spiro atoms. The molecule has 2 rings (SSSR count). The Labute approximate surface area is 137 Å². The van der Waals surface area contributed by atoms with Crippen LogP contribution in [0.2, 0.25) is 0 Å². The molecular formula is C17H25N3O3.